The van der Waals surface area contributed by atoms with Crippen molar-refractivity contribution in [3.8, 4) is 5.75 Å². The third-order valence-electron chi connectivity index (χ3n) is 3.31. The summed E-state index contributed by atoms with van der Waals surface area (Å²) >= 11 is 7.73. The lowest BCUT2D eigenvalue weighted by Crippen LogP contribution is -2.17. The van der Waals surface area contributed by atoms with Crippen molar-refractivity contribution in [3.63, 3.8) is 0 Å². The molecule has 0 aromatic heterocycles. The summed E-state index contributed by atoms with van der Waals surface area (Å²) in [5, 5.41) is 3.43. The number of rotatable bonds is 6. The molecule has 0 heterocycles. The van der Waals surface area contributed by atoms with Gasteiger partial charge in [-0.3, -0.25) is 5.32 Å². The fourth-order valence-corrected chi connectivity index (χ4v) is 2.71. The van der Waals surface area contributed by atoms with Crippen LogP contribution >= 0.6 is 23.4 Å². The molecule has 0 aliphatic carbocycles. The topological polar surface area (TPSA) is 47.6 Å². The number of amides is 1. The van der Waals surface area contributed by atoms with E-state index in [1.54, 1.807) is 11.8 Å². The van der Waals surface area contributed by atoms with Gasteiger partial charge in [0.25, 0.3) is 0 Å². The lowest BCUT2D eigenvalue weighted by Gasteiger charge is -2.11. The van der Waals surface area contributed by atoms with E-state index in [0.29, 0.717) is 11.4 Å². The molecule has 0 saturated carbocycles. The maximum Gasteiger partial charge on any atom is 0.411 e. The molecule has 0 saturated heterocycles. The maximum atomic E-state index is 11.8. The molecular formula is C18H20ClNO3S. The van der Waals surface area contributed by atoms with Crippen molar-refractivity contribution in [1.29, 1.82) is 0 Å². The molecule has 0 unspecified atom stereocenters. The summed E-state index contributed by atoms with van der Waals surface area (Å²) in [6, 6.07) is 11.3. The molecule has 128 valence electrons. The number of halogens is 1. The molecular weight excluding hydrogens is 346 g/mol. The van der Waals surface area contributed by atoms with Gasteiger partial charge in [-0.25, -0.2) is 4.79 Å². The lowest BCUT2D eigenvalue weighted by molar-refractivity contribution is 0.137. The predicted molar refractivity (Wildman–Crippen MR) is 99.6 cm³/mol. The highest BCUT2D eigenvalue weighted by molar-refractivity contribution is 7.98. The van der Waals surface area contributed by atoms with Crippen molar-refractivity contribution in [1.82, 2.24) is 0 Å². The minimum atomic E-state index is -0.500. The van der Waals surface area contributed by atoms with Crippen molar-refractivity contribution < 1.29 is 14.3 Å². The van der Waals surface area contributed by atoms with Gasteiger partial charge < -0.3 is 9.47 Å². The maximum absolute atomic E-state index is 11.8. The van der Waals surface area contributed by atoms with Gasteiger partial charge >= 0.3 is 6.09 Å². The van der Waals surface area contributed by atoms with Gasteiger partial charge in [0, 0.05) is 15.6 Å². The number of aryl methyl sites for hydroxylation is 2. The average molecular weight is 366 g/mol. The molecule has 24 heavy (non-hydrogen) atoms. The Balaban J connectivity index is 1.76. The first-order valence-corrected chi connectivity index (χ1v) is 9.07. The summed E-state index contributed by atoms with van der Waals surface area (Å²) in [7, 11) is 0. The zero-order chi connectivity index (χ0) is 17.5. The molecule has 0 aliphatic heterocycles. The van der Waals surface area contributed by atoms with E-state index in [1.165, 1.54) is 0 Å². The van der Waals surface area contributed by atoms with Gasteiger partial charge in [-0.05, 0) is 61.6 Å². The smallest absolute Gasteiger partial charge is 0.411 e. The number of benzene rings is 2. The van der Waals surface area contributed by atoms with Gasteiger partial charge in [0.2, 0.25) is 0 Å². The molecule has 0 bridgehead atoms. The second kappa shape index (κ2) is 8.85. The fraction of sp³-hybridized carbons (Fsp3) is 0.278. The van der Waals surface area contributed by atoms with Gasteiger partial charge in [-0.2, -0.15) is 0 Å². The summed E-state index contributed by atoms with van der Waals surface area (Å²) in [5.74, 6) is 0.714. The highest BCUT2D eigenvalue weighted by Crippen LogP contribution is 2.25. The highest BCUT2D eigenvalue weighted by Gasteiger charge is 2.06. The van der Waals surface area contributed by atoms with E-state index < -0.39 is 6.09 Å². The largest absolute Gasteiger partial charge is 0.490 e. The molecule has 0 atom stereocenters. The van der Waals surface area contributed by atoms with Gasteiger partial charge in [0.15, 0.2) is 0 Å². The van der Waals surface area contributed by atoms with E-state index in [1.807, 2.05) is 56.5 Å². The molecule has 6 heteroatoms. The summed E-state index contributed by atoms with van der Waals surface area (Å²) in [6.07, 6.45) is 1.48. The Kier molecular flexibility index (Phi) is 6.82. The number of hydrogen-bond donors (Lipinski definition) is 1. The van der Waals surface area contributed by atoms with Crippen molar-refractivity contribution in [2.24, 2.45) is 0 Å². The van der Waals surface area contributed by atoms with E-state index in [4.69, 9.17) is 21.1 Å². The van der Waals surface area contributed by atoms with Crippen LogP contribution in [-0.4, -0.2) is 25.6 Å². The monoisotopic (exact) mass is 365 g/mol. The third kappa shape index (κ3) is 5.35. The summed E-state index contributed by atoms with van der Waals surface area (Å²) in [5.41, 5.74) is 2.62. The van der Waals surface area contributed by atoms with Gasteiger partial charge in [0.1, 0.15) is 19.0 Å². The van der Waals surface area contributed by atoms with Gasteiger partial charge in [-0.1, -0.05) is 17.7 Å². The van der Waals surface area contributed by atoms with Crippen molar-refractivity contribution in [2.75, 3.05) is 24.8 Å². The highest BCUT2D eigenvalue weighted by atomic mass is 35.5. The van der Waals surface area contributed by atoms with Crippen LogP contribution in [0.3, 0.4) is 0 Å². The Labute approximate surface area is 151 Å². The number of anilines is 1. The molecule has 0 aliphatic rings. The number of thioether (sulfide) groups is 1. The zero-order valence-corrected chi connectivity index (χ0v) is 15.5. The summed E-state index contributed by atoms with van der Waals surface area (Å²) < 4.78 is 10.7. The van der Waals surface area contributed by atoms with Crippen LogP contribution in [0.2, 0.25) is 5.02 Å². The number of ether oxygens (including phenoxy) is 2. The molecule has 1 amide bonds. The Hall–Kier alpha value is -1.85. The van der Waals surface area contributed by atoms with Crippen molar-refractivity contribution in [3.05, 3.63) is 52.5 Å². The van der Waals surface area contributed by atoms with Crippen LogP contribution in [0.4, 0.5) is 10.5 Å². The van der Waals surface area contributed by atoms with Crippen LogP contribution in [0.15, 0.2) is 41.3 Å². The van der Waals surface area contributed by atoms with Crippen LogP contribution in [0.25, 0.3) is 0 Å². The Morgan fingerprint density at radius 1 is 1.17 bits per heavy atom. The standard InChI is InChI=1S/C18H20ClNO3S/c1-12-9-15(10-13(2)17(12)19)22-7-8-23-18(21)20-14-5-4-6-16(11-14)24-3/h4-6,9-11H,7-8H2,1-3H3,(H,20,21). The first-order valence-electron chi connectivity index (χ1n) is 7.47. The minimum Gasteiger partial charge on any atom is -0.490 e. The molecule has 0 spiro atoms. The van der Waals surface area contributed by atoms with Crippen molar-refractivity contribution in [2.45, 2.75) is 18.7 Å². The van der Waals surface area contributed by atoms with E-state index in [2.05, 4.69) is 5.32 Å². The number of nitrogens with one attached hydrogen (secondary N) is 1. The SMILES string of the molecule is CSc1cccc(NC(=O)OCCOc2cc(C)c(Cl)c(C)c2)c1. The van der Waals surface area contributed by atoms with E-state index in [-0.39, 0.29) is 13.2 Å². The van der Waals surface area contributed by atoms with E-state index in [9.17, 15) is 4.79 Å². The van der Waals surface area contributed by atoms with Crippen LogP contribution < -0.4 is 10.1 Å². The predicted octanol–water partition coefficient (Wildman–Crippen LogP) is 5.31. The first kappa shape index (κ1) is 18.5. The van der Waals surface area contributed by atoms with E-state index in [0.717, 1.165) is 21.0 Å². The Bertz CT molecular complexity index is 698. The molecule has 1 N–H and O–H groups in total. The fourth-order valence-electron chi connectivity index (χ4n) is 2.14. The first-order chi connectivity index (χ1) is 11.5. The quantitative estimate of drug-likeness (QED) is 0.557. The molecule has 0 radical (unpaired) electrons. The average Bonchev–Trinajstić information content (AvgIpc) is 2.56. The van der Waals surface area contributed by atoms with Crippen LogP contribution in [0.5, 0.6) is 5.75 Å². The lowest BCUT2D eigenvalue weighted by atomic mass is 10.1. The second-order valence-electron chi connectivity index (χ2n) is 5.21. The summed E-state index contributed by atoms with van der Waals surface area (Å²) in [6.45, 7) is 4.29. The molecule has 2 aromatic carbocycles. The Morgan fingerprint density at radius 2 is 1.88 bits per heavy atom. The zero-order valence-electron chi connectivity index (χ0n) is 13.9. The van der Waals surface area contributed by atoms with Crippen LogP contribution in [0.1, 0.15) is 11.1 Å². The van der Waals surface area contributed by atoms with Gasteiger partial charge in [0.05, 0.1) is 0 Å². The molecule has 2 rings (SSSR count). The normalized spacial score (nSPS) is 10.3. The third-order valence-corrected chi connectivity index (χ3v) is 4.63. The molecule has 4 nitrogen and oxygen atoms in total. The van der Waals surface area contributed by atoms with E-state index >= 15 is 0 Å². The van der Waals surface area contributed by atoms with Crippen LogP contribution in [0, 0.1) is 13.8 Å². The molecule has 2 aromatic rings. The van der Waals surface area contributed by atoms with Crippen molar-refractivity contribution >= 4 is 35.1 Å². The second-order valence-corrected chi connectivity index (χ2v) is 6.47. The minimum absolute atomic E-state index is 0.161. The molecule has 0 fully saturated rings. The van der Waals surface area contributed by atoms with Gasteiger partial charge in [-0.15, -0.1) is 11.8 Å². The summed E-state index contributed by atoms with van der Waals surface area (Å²) in [4.78, 5) is 12.8. The van der Waals surface area contributed by atoms with Crippen LogP contribution in [-0.2, 0) is 4.74 Å². The number of hydrogen-bond acceptors (Lipinski definition) is 4. The Morgan fingerprint density at radius 3 is 2.54 bits per heavy atom. The number of carbonyl (C=O) groups is 1. The number of carbonyl (C=O) groups excluding carboxylic acids is 1.